The van der Waals surface area contributed by atoms with Crippen LogP contribution in [0.4, 0.5) is 0 Å². The Labute approximate surface area is 89.1 Å². The maximum Gasteiger partial charge on any atom is 0.254 e. The van der Waals surface area contributed by atoms with Gasteiger partial charge in [-0.25, -0.2) is 0 Å². The van der Waals surface area contributed by atoms with Gasteiger partial charge in [0.1, 0.15) is 0 Å². The van der Waals surface area contributed by atoms with E-state index in [2.05, 4.69) is 21.4 Å². The predicted octanol–water partition coefficient (Wildman–Crippen LogP) is 0.845. The minimum absolute atomic E-state index is 0.212. The van der Waals surface area contributed by atoms with Crippen molar-refractivity contribution in [3.8, 4) is 12.3 Å². The van der Waals surface area contributed by atoms with Gasteiger partial charge < -0.3 is 5.32 Å². The van der Waals surface area contributed by atoms with Crippen molar-refractivity contribution in [1.29, 1.82) is 0 Å². The first-order chi connectivity index (χ1) is 7.04. The van der Waals surface area contributed by atoms with Crippen LogP contribution in [0.15, 0.2) is 6.07 Å². The van der Waals surface area contributed by atoms with Gasteiger partial charge in [0, 0.05) is 0 Å². The molecule has 1 aromatic heterocycles. The molecule has 0 saturated carbocycles. The largest absolute Gasteiger partial charge is 0.339 e. The Balaban J connectivity index is 2.92. The van der Waals surface area contributed by atoms with Gasteiger partial charge in [0.2, 0.25) is 0 Å². The van der Waals surface area contributed by atoms with E-state index in [-0.39, 0.29) is 11.9 Å². The van der Waals surface area contributed by atoms with Crippen LogP contribution in [0.25, 0.3) is 0 Å². The number of nitrogens with one attached hydrogen (secondary N) is 1. The fourth-order valence-corrected chi connectivity index (χ4v) is 1.10. The summed E-state index contributed by atoms with van der Waals surface area (Å²) in [5.74, 6) is 2.22. The molecule has 15 heavy (non-hydrogen) atoms. The minimum atomic E-state index is -0.287. The van der Waals surface area contributed by atoms with Crippen LogP contribution in [0.5, 0.6) is 0 Å². The zero-order valence-electron chi connectivity index (χ0n) is 9.03. The third-order valence-corrected chi connectivity index (χ3v) is 1.94. The molecule has 0 saturated heterocycles. The second kappa shape index (κ2) is 4.56. The van der Waals surface area contributed by atoms with Crippen molar-refractivity contribution in [2.75, 3.05) is 0 Å². The molecule has 78 valence electrons. The van der Waals surface area contributed by atoms with Gasteiger partial charge in [0.05, 0.1) is 23.0 Å². The minimum Gasteiger partial charge on any atom is -0.339 e. The second-order valence-electron chi connectivity index (χ2n) is 3.35. The number of carbonyl (C=O) groups is 1. The highest BCUT2D eigenvalue weighted by Crippen LogP contribution is 2.05. The Kier molecular flexibility index (Phi) is 3.40. The number of aryl methyl sites for hydroxylation is 2. The Morgan fingerprint density at radius 2 is 2.20 bits per heavy atom. The van der Waals surface area contributed by atoms with E-state index in [1.54, 1.807) is 26.8 Å². The zero-order valence-corrected chi connectivity index (χ0v) is 9.03. The highest BCUT2D eigenvalue weighted by atomic mass is 16.1. The lowest BCUT2D eigenvalue weighted by atomic mass is 10.2. The molecule has 0 spiro atoms. The smallest absolute Gasteiger partial charge is 0.254 e. The summed E-state index contributed by atoms with van der Waals surface area (Å²) in [4.78, 5) is 11.7. The van der Waals surface area contributed by atoms with Crippen molar-refractivity contribution in [3.63, 3.8) is 0 Å². The summed E-state index contributed by atoms with van der Waals surface area (Å²) in [5, 5.41) is 10.4. The van der Waals surface area contributed by atoms with Crippen molar-refractivity contribution in [2.45, 2.75) is 26.8 Å². The van der Waals surface area contributed by atoms with E-state index in [0.717, 1.165) is 0 Å². The molecule has 1 atom stereocenters. The highest BCUT2D eigenvalue weighted by Gasteiger charge is 2.12. The molecule has 1 unspecified atom stereocenters. The Bertz CT molecular complexity index is 420. The number of aromatic nitrogens is 2. The van der Waals surface area contributed by atoms with Crippen molar-refractivity contribution in [3.05, 3.63) is 23.0 Å². The van der Waals surface area contributed by atoms with Crippen molar-refractivity contribution in [2.24, 2.45) is 0 Å². The van der Waals surface area contributed by atoms with Gasteiger partial charge in [-0.05, 0) is 26.8 Å². The zero-order chi connectivity index (χ0) is 11.4. The molecular formula is C11H13N3O. The van der Waals surface area contributed by atoms with Gasteiger partial charge in [0.25, 0.3) is 5.91 Å². The van der Waals surface area contributed by atoms with E-state index in [9.17, 15) is 4.79 Å². The monoisotopic (exact) mass is 203 g/mol. The van der Waals surface area contributed by atoms with Crippen LogP contribution in [-0.2, 0) is 0 Å². The first kappa shape index (κ1) is 11.2. The van der Waals surface area contributed by atoms with Crippen LogP contribution >= 0.6 is 0 Å². The van der Waals surface area contributed by atoms with Gasteiger partial charge in [-0.1, -0.05) is 5.92 Å². The van der Waals surface area contributed by atoms with Gasteiger partial charge in [-0.2, -0.15) is 10.2 Å². The van der Waals surface area contributed by atoms with Crippen molar-refractivity contribution >= 4 is 5.91 Å². The van der Waals surface area contributed by atoms with Crippen LogP contribution in [-0.4, -0.2) is 22.1 Å². The number of hydrogen-bond acceptors (Lipinski definition) is 3. The third kappa shape index (κ3) is 2.78. The van der Waals surface area contributed by atoms with E-state index in [1.807, 2.05) is 0 Å². The number of terminal acetylenes is 1. The standard InChI is InChI=1S/C11H13N3O/c1-5-7(2)12-11(15)10-6-8(3)13-14-9(10)4/h1,6-7H,2-4H3,(H,12,15). The third-order valence-electron chi connectivity index (χ3n) is 1.94. The molecule has 0 aliphatic carbocycles. The average molecular weight is 203 g/mol. The summed E-state index contributed by atoms with van der Waals surface area (Å²) >= 11 is 0. The molecule has 1 rings (SSSR count). The molecule has 0 aliphatic rings. The lowest BCUT2D eigenvalue weighted by Crippen LogP contribution is -2.32. The summed E-state index contributed by atoms with van der Waals surface area (Å²) in [6, 6.07) is 1.41. The summed E-state index contributed by atoms with van der Waals surface area (Å²) in [5.41, 5.74) is 1.83. The van der Waals surface area contributed by atoms with Crippen LogP contribution in [0.3, 0.4) is 0 Å². The van der Waals surface area contributed by atoms with Crippen LogP contribution in [0.2, 0.25) is 0 Å². The fourth-order valence-electron chi connectivity index (χ4n) is 1.10. The summed E-state index contributed by atoms with van der Waals surface area (Å²) in [6.45, 7) is 5.27. The predicted molar refractivity (Wildman–Crippen MR) is 57.3 cm³/mol. The molecule has 1 amide bonds. The molecule has 4 heteroatoms. The molecule has 1 aromatic rings. The lowest BCUT2D eigenvalue weighted by Gasteiger charge is -2.09. The lowest BCUT2D eigenvalue weighted by molar-refractivity contribution is 0.0946. The topological polar surface area (TPSA) is 54.9 Å². The first-order valence-corrected chi connectivity index (χ1v) is 4.62. The molecule has 0 fully saturated rings. The Hall–Kier alpha value is -1.89. The number of nitrogens with zero attached hydrogens (tertiary/aromatic N) is 2. The van der Waals surface area contributed by atoms with E-state index in [0.29, 0.717) is 17.0 Å². The SMILES string of the molecule is C#CC(C)NC(=O)c1cc(C)nnc1C. The van der Waals surface area contributed by atoms with Gasteiger partial charge in [-0.3, -0.25) is 4.79 Å². The molecule has 1 N–H and O–H groups in total. The van der Waals surface area contributed by atoms with E-state index >= 15 is 0 Å². The molecule has 4 nitrogen and oxygen atoms in total. The fraction of sp³-hybridized carbons (Fsp3) is 0.364. The van der Waals surface area contributed by atoms with Crippen molar-refractivity contribution < 1.29 is 4.79 Å². The second-order valence-corrected chi connectivity index (χ2v) is 3.35. The summed E-state index contributed by atoms with van der Waals surface area (Å²) < 4.78 is 0. The molecule has 0 bridgehead atoms. The quantitative estimate of drug-likeness (QED) is 0.725. The van der Waals surface area contributed by atoms with E-state index < -0.39 is 0 Å². The van der Waals surface area contributed by atoms with Gasteiger partial charge >= 0.3 is 0 Å². The van der Waals surface area contributed by atoms with Crippen molar-refractivity contribution in [1.82, 2.24) is 15.5 Å². The van der Waals surface area contributed by atoms with Crippen LogP contribution < -0.4 is 5.32 Å². The number of carbonyl (C=O) groups excluding carboxylic acids is 1. The summed E-state index contributed by atoms with van der Waals surface area (Å²) in [6.07, 6.45) is 5.17. The first-order valence-electron chi connectivity index (χ1n) is 4.62. The number of amides is 1. The molecule has 0 radical (unpaired) electrons. The maximum atomic E-state index is 11.7. The highest BCUT2D eigenvalue weighted by molar-refractivity contribution is 5.95. The normalized spacial score (nSPS) is 11.6. The Morgan fingerprint density at radius 1 is 1.53 bits per heavy atom. The Morgan fingerprint density at radius 3 is 2.80 bits per heavy atom. The number of hydrogen-bond donors (Lipinski definition) is 1. The van der Waals surface area contributed by atoms with Crippen LogP contribution in [0.1, 0.15) is 28.7 Å². The molecule has 1 heterocycles. The number of rotatable bonds is 2. The molecule has 0 aromatic carbocycles. The van der Waals surface area contributed by atoms with E-state index in [1.165, 1.54) is 0 Å². The molecular weight excluding hydrogens is 190 g/mol. The van der Waals surface area contributed by atoms with E-state index in [4.69, 9.17) is 6.42 Å². The van der Waals surface area contributed by atoms with Crippen LogP contribution in [0, 0.1) is 26.2 Å². The molecule has 0 aliphatic heterocycles. The van der Waals surface area contributed by atoms with Gasteiger partial charge in [-0.15, -0.1) is 6.42 Å². The maximum absolute atomic E-state index is 11.7. The summed E-state index contributed by atoms with van der Waals surface area (Å²) in [7, 11) is 0. The van der Waals surface area contributed by atoms with Gasteiger partial charge in [0.15, 0.2) is 0 Å². The average Bonchev–Trinajstić information content (AvgIpc) is 2.21.